The van der Waals surface area contributed by atoms with Crippen molar-refractivity contribution in [3.8, 4) is 5.75 Å². The van der Waals surface area contributed by atoms with Gasteiger partial charge in [0.15, 0.2) is 0 Å². The molecule has 1 aromatic rings. The topological polar surface area (TPSA) is 69.4 Å². The van der Waals surface area contributed by atoms with E-state index in [0.717, 1.165) is 5.56 Å². The summed E-state index contributed by atoms with van der Waals surface area (Å²) in [6, 6.07) is 5.25. The summed E-state index contributed by atoms with van der Waals surface area (Å²) < 4.78 is 4.95. The standard InChI is InChI=1S/C11H13NO3/c1-7-3-4-10(15-8(2)13)9(5-7)6-11(12)14/h3-5H,6H2,1-2H3,(H2,12,14). The van der Waals surface area contributed by atoms with Gasteiger partial charge < -0.3 is 10.5 Å². The minimum atomic E-state index is -0.450. The zero-order valence-corrected chi connectivity index (χ0v) is 8.74. The summed E-state index contributed by atoms with van der Waals surface area (Å²) in [5, 5.41) is 0. The van der Waals surface area contributed by atoms with Crippen molar-refractivity contribution in [2.75, 3.05) is 0 Å². The Bertz CT molecular complexity index is 399. The lowest BCUT2D eigenvalue weighted by molar-refractivity contribution is -0.132. The Balaban J connectivity index is 3.02. The van der Waals surface area contributed by atoms with Crippen molar-refractivity contribution >= 4 is 11.9 Å². The molecule has 0 aliphatic carbocycles. The maximum atomic E-state index is 10.8. The van der Waals surface area contributed by atoms with Crippen molar-refractivity contribution < 1.29 is 14.3 Å². The molecule has 0 saturated heterocycles. The van der Waals surface area contributed by atoms with Crippen LogP contribution in [0.1, 0.15) is 18.1 Å². The zero-order chi connectivity index (χ0) is 11.4. The second kappa shape index (κ2) is 4.59. The van der Waals surface area contributed by atoms with Crippen LogP contribution in [0, 0.1) is 6.92 Å². The van der Waals surface area contributed by atoms with Crippen LogP contribution < -0.4 is 10.5 Å². The molecule has 0 aliphatic rings. The lowest BCUT2D eigenvalue weighted by Gasteiger charge is -2.08. The van der Waals surface area contributed by atoms with E-state index in [1.54, 1.807) is 12.1 Å². The van der Waals surface area contributed by atoms with E-state index in [4.69, 9.17) is 10.5 Å². The largest absolute Gasteiger partial charge is 0.426 e. The molecule has 2 N–H and O–H groups in total. The van der Waals surface area contributed by atoms with Crippen LogP contribution in [0.5, 0.6) is 5.75 Å². The molecule has 0 aromatic heterocycles. The van der Waals surface area contributed by atoms with Crippen LogP contribution in [-0.4, -0.2) is 11.9 Å². The molecule has 0 radical (unpaired) electrons. The van der Waals surface area contributed by atoms with Gasteiger partial charge in [0.05, 0.1) is 6.42 Å². The first-order valence-electron chi connectivity index (χ1n) is 4.55. The summed E-state index contributed by atoms with van der Waals surface area (Å²) in [5.74, 6) is -0.467. The first-order chi connectivity index (χ1) is 6.99. The quantitative estimate of drug-likeness (QED) is 0.592. The van der Waals surface area contributed by atoms with E-state index in [0.29, 0.717) is 11.3 Å². The van der Waals surface area contributed by atoms with E-state index in [1.807, 2.05) is 13.0 Å². The van der Waals surface area contributed by atoms with Crippen molar-refractivity contribution in [1.29, 1.82) is 0 Å². The number of ether oxygens (including phenoxy) is 1. The molecule has 0 fully saturated rings. The van der Waals surface area contributed by atoms with Gasteiger partial charge in [-0.15, -0.1) is 0 Å². The second-order valence-electron chi connectivity index (χ2n) is 3.35. The average molecular weight is 207 g/mol. The van der Waals surface area contributed by atoms with Crippen molar-refractivity contribution in [2.24, 2.45) is 5.73 Å². The molecule has 0 bridgehead atoms. The van der Waals surface area contributed by atoms with Crippen LogP contribution in [0.15, 0.2) is 18.2 Å². The van der Waals surface area contributed by atoms with E-state index in [2.05, 4.69) is 0 Å². The van der Waals surface area contributed by atoms with Crippen LogP contribution in [0.2, 0.25) is 0 Å². The van der Waals surface area contributed by atoms with E-state index < -0.39 is 11.9 Å². The van der Waals surface area contributed by atoms with Gasteiger partial charge in [-0.2, -0.15) is 0 Å². The van der Waals surface area contributed by atoms with E-state index >= 15 is 0 Å². The molecule has 80 valence electrons. The third-order valence-corrected chi connectivity index (χ3v) is 1.83. The predicted molar refractivity (Wildman–Crippen MR) is 55.4 cm³/mol. The number of aryl methyl sites for hydroxylation is 1. The third kappa shape index (κ3) is 3.42. The second-order valence-corrected chi connectivity index (χ2v) is 3.35. The number of rotatable bonds is 3. The highest BCUT2D eigenvalue weighted by Gasteiger charge is 2.08. The number of carbonyl (C=O) groups is 2. The van der Waals surface area contributed by atoms with Crippen molar-refractivity contribution in [2.45, 2.75) is 20.3 Å². The summed E-state index contributed by atoms with van der Waals surface area (Å²) in [5.41, 5.74) is 6.72. The summed E-state index contributed by atoms with van der Waals surface area (Å²) in [6.07, 6.45) is 0.0737. The number of hydrogen-bond acceptors (Lipinski definition) is 3. The first-order valence-corrected chi connectivity index (χ1v) is 4.55. The lowest BCUT2D eigenvalue weighted by Crippen LogP contribution is -2.15. The molecular formula is C11H13NO3. The zero-order valence-electron chi connectivity index (χ0n) is 8.74. The molecule has 15 heavy (non-hydrogen) atoms. The summed E-state index contributed by atoms with van der Waals surface area (Å²) >= 11 is 0. The smallest absolute Gasteiger partial charge is 0.308 e. The van der Waals surface area contributed by atoms with Gasteiger partial charge in [0.1, 0.15) is 5.75 Å². The summed E-state index contributed by atoms with van der Waals surface area (Å²) in [4.78, 5) is 21.6. The van der Waals surface area contributed by atoms with Crippen LogP contribution >= 0.6 is 0 Å². The van der Waals surface area contributed by atoms with E-state index in [-0.39, 0.29) is 6.42 Å². The van der Waals surface area contributed by atoms with E-state index in [9.17, 15) is 9.59 Å². The third-order valence-electron chi connectivity index (χ3n) is 1.83. The van der Waals surface area contributed by atoms with Crippen LogP contribution in [0.3, 0.4) is 0 Å². The van der Waals surface area contributed by atoms with E-state index in [1.165, 1.54) is 6.92 Å². The fraction of sp³-hybridized carbons (Fsp3) is 0.273. The molecule has 0 spiro atoms. The van der Waals surface area contributed by atoms with Gasteiger partial charge in [-0.05, 0) is 13.0 Å². The highest BCUT2D eigenvalue weighted by Crippen LogP contribution is 2.20. The van der Waals surface area contributed by atoms with Crippen molar-refractivity contribution in [1.82, 2.24) is 0 Å². The average Bonchev–Trinajstić information content (AvgIpc) is 2.08. The minimum Gasteiger partial charge on any atom is -0.426 e. The first kappa shape index (κ1) is 11.2. The number of primary amides is 1. The summed E-state index contributed by atoms with van der Waals surface area (Å²) in [6.45, 7) is 3.20. The molecule has 0 heterocycles. The monoisotopic (exact) mass is 207 g/mol. The molecule has 0 atom stereocenters. The molecule has 1 rings (SSSR count). The molecular weight excluding hydrogens is 194 g/mol. The molecule has 4 heteroatoms. The van der Waals surface area contributed by atoms with Crippen LogP contribution in [0.25, 0.3) is 0 Å². The minimum absolute atomic E-state index is 0.0737. The lowest BCUT2D eigenvalue weighted by atomic mass is 10.1. The predicted octanol–water partition coefficient (Wildman–Crippen LogP) is 0.948. The number of hydrogen-bond donors (Lipinski definition) is 1. The van der Waals surface area contributed by atoms with Gasteiger partial charge in [-0.1, -0.05) is 17.7 Å². The fourth-order valence-electron chi connectivity index (χ4n) is 1.29. The number of esters is 1. The highest BCUT2D eigenvalue weighted by molar-refractivity contribution is 5.78. The Morgan fingerprint density at radius 1 is 1.40 bits per heavy atom. The van der Waals surface area contributed by atoms with Gasteiger partial charge >= 0.3 is 5.97 Å². The molecule has 1 aromatic carbocycles. The Hall–Kier alpha value is -1.84. The maximum Gasteiger partial charge on any atom is 0.308 e. The number of carbonyl (C=O) groups excluding carboxylic acids is 2. The summed E-state index contributed by atoms with van der Waals surface area (Å²) in [7, 11) is 0. The molecule has 0 unspecified atom stereocenters. The Labute approximate surface area is 88.0 Å². The van der Waals surface area contributed by atoms with Crippen molar-refractivity contribution in [3.63, 3.8) is 0 Å². The number of nitrogens with two attached hydrogens (primary N) is 1. The van der Waals surface area contributed by atoms with Crippen LogP contribution in [-0.2, 0) is 16.0 Å². The maximum absolute atomic E-state index is 10.8. The van der Waals surface area contributed by atoms with Gasteiger partial charge in [0.2, 0.25) is 5.91 Å². The molecule has 0 aliphatic heterocycles. The molecule has 0 saturated carbocycles. The van der Waals surface area contributed by atoms with Crippen molar-refractivity contribution in [3.05, 3.63) is 29.3 Å². The molecule has 1 amide bonds. The number of amides is 1. The fourth-order valence-corrected chi connectivity index (χ4v) is 1.29. The number of benzene rings is 1. The molecule has 4 nitrogen and oxygen atoms in total. The van der Waals surface area contributed by atoms with Gasteiger partial charge in [0.25, 0.3) is 0 Å². The Morgan fingerprint density at radius 2 is 2.07 bits per heavy atom. The van der Waals surface area contributed by atoms with Crippen LogP contribution in [0.4, 0.5) is 0 Å². The Kier molecular flexibility index (Phi) is 3.44. The SMILES string of the molecule is CC(=O)Oc1ccc(C)cc1CC(N)=O. The Morgan fingerprint density at radius 3 is 2.60 bits per heavy atom. The van der Waals surface area contributed by atoms with Gasteiger partial charge in [-0.25, -0.2) is 0 Å². The highest BCUT2D eigenvalue weighted by atomic mass is 16.5. The normalized spacial score (nSPS) is 9.73. The van der Waals surface area contributed by atoms with Gasteiger partial charge in [0, 0.05) is 12.5 Å². The van der Waals surface area contributed by atoms with Gasteiger partial charge in [-0.3, -0.25) is 9.59 Å².